The van der Waals surface area contributed by atoms with Gasteiger partial charge in [0, 0.05) is 37.5 Å². The number of ether oxygens (including phenoxy) is 1. The first-order chi connectivity index (χ1) is 16.7. The number of carboxylic acids is 1. The summed E-state index contributed by atoms with van der Waals surface area (Å²) in [7, 11) is 1.96. The summed E-state index contributed by atoms with van der Waals surface area (Å²) < 4.78 is 5.35. The number of aliphatic carboxylic acids is 1. The number of amides is 3. The lowest BCUT2D eigenvalue weighted by molar-refractivity contribution is -0.151. The van der Waals surface area contributed by atoms with E-state index >= 15 is 0 Å². The zero-order valence-electron chi connectivity index (χ0n) is 19.0. The fourth-order valence-corrected chi connectivity index (χ4v) is 5.43. The maximum Gasteiger partial charge on any atom is 0.410 e. The Morgan fingerprint density at radius 3 is 2.49 bits per heavy atom. The van der Waals surface area contributed by atoms with E-state index in [1.54, 1.807) is 4.90 Å². The number of aromatic hydroxyl groups is 1. The van der Waals surface area contributed by atoms with E-state index in [4.69, 9.17) is 10.5 Å². The summed E-state index contributed by atoms with van der Waals surface area (Å²) in [5, 5.41) is 21.2. The number of piperazine rings is 1. The highest BCUT2D eigenvalue weighted by atomic mass is 32.2. The van der Waals surface area contributed by atoms with Gasteiger partial charge in [0.1, 0.15) is 35.5 Å². The third-order valence-electron chi connectivity index (χ3n) is 6.21. The SMILES string of the molecule is CN1CCN(C(=O)OCC2=C(C(=O)O)N3C(=O)C(NC(=O)C(N)c4ccc(O)cc4)[C@@H]3SC2)CC1. The number of fused-ring (bicyclic) bond motifs is 1. The quantitative estimate of drug-likeness (QED) is 0.371. The van der Waals surface area contributed by atoms with E-state index in [1.807, 2.05) is 7.05 Å². The van der Waals surface area contributed by atoms with Gasteiger partial charge < -0.3 is 35.8 Å². The summed E-state index contributed by atoms with van der Waals surface area (Å²) in [6.07, 6.45) is -0.522. The van der Waals surface area contributed by atoms with E-state index in [0.717, 1.165) is 18.0 Å². The van der Waals surface area contributed by atoms with E-state index in [9.17, 15) is 29.4 Å². The molecule has 2 fully saturated rings. The highest BCUT2D eigenvalue weighted by Crippen LogP contribution is 2.40. The number of rotatable bonds is 6. The number of carboxylic acid groups (broad SMARTS) is 1. The fourth-order valence-electron chi connectivity index (χ4n) is 4.10. The summed E-state index contributed by atoms with van der Waals surface area (Å²) >= 11 is 1.28. The summed E-state index contributed by atoms with van der Waals surface area (Å²) in [6, 6.07) is 3.81. The molecule has 35 heavy (non-hydrogen) atoms. The maximum absolute atomic E-state index is 12.8. The van der Waals surface area contributed by atoms with Crippen molar-refractivity contribution in [2.75, 3.05) is 45.6 Å². The molecular formula is C22H27N5O7S. The molecule has 3 atom stereocenters. The second kappa shape index (κ2) is 10.1. The molecule has 3 aliphatic rings. The number of thioether (sulfide) groups is 1. The Balaban J connectivity index is 1.39. The molecule has 1 aromatic carbocycles. The van der Waals surface area contributed by atoms with E-state index in [-0.39, 0.29) is 23.8 Å². The van der Waals surface area contributed by atoms with Crippen LogP contribution in [0.1, 0.15) is 11.6 Å². The van der Waals surface area contributed by atoms with Crippen LogP contribution in [0.25, 0.3) is 0 Å². The molecule has 0 aromatic heterocycles. The lowest BCUT2D eigenvalue weighted by atomic mass is 10.0. The van der Waals surface area contributed by atoms with Crippen molar-refractivity contribution in [2.45, 2.75) is 17.5 Å². The lowest BCUT2D eigenvalue weighted by Crippen LogP contribution is -2.71. The van der Waals surface area contributed by atoms with E-state index in [0.29, 0.717) is 24.2 Å². The van der Waals surface area contributed by atoms with Crippen LogP contribution < -0.4 is 11.1 Å². The minimum atomic E-state index is -1.31. The number of hydrogen-bond acceptors (Lipinski definition) is 9. The molecule has 0 spiro atoms. The second-order valence-corrected chi connectivity index (χ2v) is 9.67. The highest BCUT2D eigenvalue weighted by molar-refractivity contribution is 8.00. The number of phenols is 1. The monoisotopic (exact) mass is 505 g/mol. The largest absolute Gasteiger partial charge is 0.508 e. The third-order valence-corrected chi connectivity index (χ3v) is 7.55. The Morgan fingerprint density at radius 1 is 1.20 bits per heavy atom. The van der Waals surface area contributed by atoms with Gasteiger partial charge in [0.15, 0.2) is 0 Å². The van der Waals surface area contributed by atoms with Crippen molar-refractivity contribution in [2.24, 2.45) is 5.73 Å². The van der Waals surface area contributed by atoms with Crippen LogP contribution in [0.4, 0.5) is 4.79 Å². The van der Waals surface area contributed by atoms with Gasteiger partial charge in [-0.1, -0.05) is 12.1 Å². The van der Waals surface area contributed by atoms with Crippen LogP contribution in [-0.2, 0) is 19.1 Å². The molecule has 0 saturated carbocycles. The van der Waals surface area contributed by atoms with Gasteiger partial charge >= 0.3 is 12.1 Å². The van der Waals surface area contributed by atoms with Crippen molar-refractivity contribution < 1.29 is 34.1 Å². The smallest absolute Gasteiger partial charge is 0.410 e. The topological polar surface area (TPSA) is 166 Å². The summed E-state index contributed by atoms with van der Waals surface area (Å²) in [5.74, 6) is -2.22. The van der Waals surface area contributed by atoms with E-state index in [2.05, 4.69) is 10.2 Å². The number of carbonyl (C=O) groups is 4. The zero-order valence-corrected chi connectivity index (χ0v) is 19.9. The summed E-state index contributed by atoms with van der Waals surface area (Å²) in [4.78, 5) is 54.6. The molecule has 2 saturated heterocycles. The summed E-state index contributed by atoms with van der Waals surface area (Å²) in [5.41, 5.74) is 6.53. The molecule has 0 radical (unpaired) electrons. The maximum atomic E-state index is 12.8. The molecule has 3 aliphatic heterocycles. The molecule has 0 bridgehead atoms. The number of carbonyl (C=O) groups excluding carboxylic acids is 3. The second-order valence-electron chi connectivity index (χ2n) is 8.57. The van der Waals surface area contributed by atoms with Gasteiger partial charge in [0.05, 0.1) is 0 Å². The number of phenolic OH excluding ortho intramolecular Hbond substituents is 1. The molecule has 13 heteroatoms. The van der Waals surface area contributed by atoms with Crippen LogP contribution >= 0.6 is 11.8 Å². The standard InChI is InChI=1S/C22H27N5O7S/c1-25-6-8-26(9-7-25)22(33)34-10-13-11-35-20-16(19(30)27(20)17(13)21(31)32)24-18(29)15(23)12-2-4-14(28)5-3-12/h2-5,15-16,20,28H,6-11,23H2,1H3,(H,24,29)(H,31,32)/t15?,16?,20-/m0/s1. The molecule has 0 aliphatic carbocycles. The van der Waals surface area contributed by atoms with Crippen LogP contribution in [0.3, 0.4) is 0 Å². The number of likely N-dealkylation sites (N-methyl/N-ethyl adjacent to an activating group) is 1. The van der Waals surface area contributed by atoms with Gasteiger partial charge in [-0.15, -0.1) is 11.8 Å². The molecule has 188 valence electrons. The Bertz CT molecular complexity index is 1050. The van der Waals surface area contributed by atoms with Gasteiger partial charge in [-0.05, 0) is 24.7 Å². The Kier molecular flexibility index (Phi) is 7.19. The Morgan fingerprint density at radius 2 is 1.86 bits per heavy atom. The predicted octanol–water partition coefficient (Wildman–Crippen LogP) is -0.485. The first-order valence-electron chi connectivity index (χ1n) is 11.0. The van der Waals surface area contributed by atoms with E-state index < -0.39 is 41.3 Å². The van der Waals surface area contributed by atoms with Crippen molar-refractivity contribution in [3.05, 3.63) is 41.1 Å². The van der Waals surface area contributed by atoms with Crippen LogP contribution in [0.2, 0.25) is 0 Å². The minimum absolute atomic E-state index is 0.0304. The van der Waals surface area contributed by atoms with Crippen LogP contribution in [0, 0.1) is 0 Å². The van der Waals surface area contributed by atoms with Gasteiger partial charge in [0.25, 0.3) is 5.91 Å². The van der Waals surface area contributed by atoms with Gasteiger partial charge in [0.2, 0.25) is 5.91 Å². The normalized spacial score (nSPS) is 23.3. The minimum Gasteiger partial charge on any atom is -0.508 e. The van der Waals surface area contributed by atoms with Crippen molar-refractivity contribution >= 4 is 35.6 Å². The first-order valence-corrected chi connectivity index (χ1v) is 12.1. The molecule has 5 N–H and O–H groups in total. The Hall–Kier alpha value is -3.29. The zero-order chi connectivity index (χ0) is 25.3. The van der Waals surface area contributed by atoms with Crippen molar-refractivity contribution in [1.82, 2.24) is 20.0 Å². The first kappa shape index (κ1) is 24.8. The predicted molar refractivity (Wildman–Crippen MR) is 125 cm³/mol. The van der Waals surface area contributed by atoms with Gasteiger partial charge in [-0.2, -0.15) is 0 Å². The third kappa shape index (κ3) is 5.06. The molecule has 1 aromatic rings. The summed E-state index contributed by atoms with van der Waals surface area (Å²) in [6.45, 7) is 2.26. The van der Waals surface area contributed by atoms with Gasteiger partial charge in [-0.25, -0.2) is 9.59 Å². The number of hydrogen-bond donors (Lipinski definition) is 4. The van der Waals surface area contributed by atoms with Crippen molar-refractivity contribution in [3.63, 3.8) is 0 Å². The molecule has 3 amide bonds. The lowest BCUT2D eigenvalue weighted by Gasteiger charge is -2.49. The number of benzene rings is 1. The molecular weight excluding hydrogens is 478 g/mol. The van der Waals surface area contributed by atoms with Crippen molar-refractivity contribution in [3.8, 4) is 5.75 Å². The molecule has 3 heterocycles. The highest BCUT2D eigenvalue weighted by Gasteiger charge is 2.54. The number of nitrogens with zero attached hydrogens (tertiary/aromatic N) is 3. The Labute approximate surface area is 205 Å². The number of β-lactam (4-membered cyclic amide) rings is 1. The molecule has 12 nitrogen and oxygen atoms in total. The average Bonchev–Trinajstić information content (AvgIpc) is 2.85. The van der Waals surface area contributed by atoms with Gasteiger partial charge in [-0.3, -0.25) is 14.5 Å². The van der Waals surface area contributed by atoms with E-state index in [1.165, 1.54) is 36.0 Å². The average molecular weight is 506 g/mol. The molecule has 4 rings (SSSR count). The fraction of sp³-hybridized carbons (Fsp3) is 0.455. The molecule has 2 unspecified atom stereocenters. The van der Waals surface area contributed by atoms with Crippen LogP contribution in [0.15, 0.2) is 35.5 Å². The number of nitrogens with two attached hydrogens (primary N) is 1. The van der Waals surface area contributed by atoms with Crippen LogP contribution in [0.5, 0.6) is 5.75 Å². The number of nitrogens with one attached hydrogen (secondary N) is 1. The van der Waals surface area contributed by atoms with Crippen molar-refractivity contribution in [1.29, 1.82) is 0 Å². The van der Waals surface area contributed by atoms with Crippen LogP contribution in [-0.4, -0.2) is 106 Å².